The highest BCUT2D eigenvalue weighted by molar-refractivity contribution is 7.89. The van der Waals surface area contributed by atoms with E-state index >= 15 is 0 Å². The van der Waals surface area contributed by atoms with Crippen LogP contribution in [0.3, 0.4) is 0 Å². The normalized spacial score (nSPS) is 23.3. The zero-order chi connectivity index (χ0) is 20.6. The zero-order valence-electron chi connectivity index (χ0n) is 16.6. The maximum atomic E-state index is 13.0. The number of carbonyl (C=O) groups excluding carboxylic acids is 2. The first-order valence-electron chi connectivity index (χ1n) is 10.2. The maximum absolute atomic E-state index is 13.0. The molecule has 2 heterocycles. The number of carbonyl (C=O) groups is 2. The Morgan fingerprint density at radius 1 is 0.931 bits per heavy atom. The fourth-order valence-corrected chi connectivity index (χ4v) is 5.53. The van der Waals surface area contributed by atoms with Crippen molar-refractivity contribution in [1.29, 1.82) is 0 Å². The number of hydrogen-bond acceptors (Lipinski definition) is 5. The van der Waals surface area contributed by atoms with Crippen molar-refractivity contribution in [2.45, 2.75) is 36.6 Å². The van der Waals surface area contributed by atoms with Gasteiger partial charge in [-0.15, -0.1) is 0 Å². The van der Waals surface area contributed by atoms with Crippen LogP contribution < -0.4 is 4.74 Å². The lowest BCUT2D eigenvalue weighted by atomic mass is 10.1. The highest BCUT2D eigenvalue weighted by Crippen LogP contribution is 2.34. The van der Waals surface area contributed by atoms with Gasteiger partial charge in [-0.3, -0.25) is 9.59 Å². The number of sulfonamides is 1. The molecular formula is C20H27N3O5S. The quantitative estimate of drug-likeness (QED) is 0.706. The molecule has 2 amide bonds. The van der Waals surface area contributed by atoms with Crippen LogP contribution in [0, 0.1) is 5.92 Å². The van der Waals surface area contributed by atoms with Crippen molar-refractivity contribution in [3.63, 3.8) is 0 Å². The van der Waals surface area contributed by atoms with Gasteiger partial charge in [0.2, 0.25) is 21.8 Å². The Kier molecular flexibility index (Phi) is 5.52. The number of likely N-dealkylation sites (tertiary alicyclic amines) is 1. The molecule has 4 rings (SSSR count). The van der Waals surface area contributed by atoms with Gasteiger partial charge in [0.25, 0.3) is 0 Å². The van der Waals surface area contributed by atoms with E-state index in [2.05, 4.69) is 0 Å². The molecule has 0 radical (unpaired) electrons. The molecule has 2 saturated heterocycles. The summed E-state index contributed by atoms with van der Waals surface area (Å²) in [5.74, 6) is 0.774. The zero-order valence-corrected chi connectivity index (χ0v) is 17.4. The van der Waals surface area contributed by atoms with Crippen molar-refractivity contribution in [1.82, 2.24) is 14.1 Å². The summed E-state index contributed by atoms with van der Waals surface area (Å²) in [5.41, 5.74) is 0. The van der Waals surface area contributed by atoms with Crippen molar-refractivity contribution >= 4 is 21.8 Å². The predicted octanol–water partition coefficient (Wildman–Crippen LogP) is 0.929. The third-order valence-corrected chi connectivity index (χ3v) is 7.91. The first-order valence-corrected chi connectivity index (χ1v) is 11.6. The lowest BCUT2D eigenvalue weighted by molar-refractivity contribution is -0.145. The smallest absolute Gasteiger partial charge is 0.245 e. The fraction of sp³-hybridized carbons (Fsp3) is 0.600. The minimum absolute atomic E-state index is 0.0435. The summed E-state index contributed by atoms with van der Waals surface area (Å²) in [6, 6.07) is 5.93. The molecule has 9 heteroatoms. The molecule has 1 aromatic carbocycles. The van der Waals surface area contributed by atoms with Crippen LogP contribution >= 0.6 is 0 Å². The molecule has 1 aromatic rings. The summed E-state index contributed by atoms with van der Waals surface area (Å²) in [5, 5.41) is 0. The summed E-state index contributed by atoms with van der Waals surface area (Å²) >= 11 is 0. The number of rotatable bonds is 5. The van der Waals surface area contributed by atoms with E-state index in [-0.39, 0.29) is 41.8 Å². The molecule has 1 saturated carbocycles. The Labute approximate surface area is 171 Å². The molecule has 3 fully saturated rings. The molecule has 8 nitrogen and oxygen atoms in total. The van der Waals surface area contributed by atoms with Crippen LogP contribution in [-0.4, -0.2) is 80.2 Å². The van der Waals surface area contributed by atoms with Crippen LogP contribution in [0.4, 0.5) is 0 Å². The molecule has 158 valence electrons. The Morgan fingerprint density at radius 3 is 2.17 bits per heavy atom. The third-order valence-electron chi connectivity index (χ3n) is 6.00. The van der Waals surface area contributed by atoms with E-state index in [0.29, 0.717) is 31.8 Å². The second kappa shape index (κ2) is 7.95. The molecular weight excluding hydrogens is 394 g/mol. The molecule has 0 N–H and O–H groups in total. The minimum Gasteiger partial charge on any atom is -0.497 e. The first-order chi connectivity index (χ1) is 13.9. The highest BCUT2D eigenvalue weighted by Gasteiger charge is 2.42. The molecule has 0 bridgehead atoms. The van der Waals surface area contributed by atoms with Crippen LogP contribution in [0.1, 0.15) is 25.7 Å². The Balaban J connectivity index is 1.38. The summed E-state index contributed by atoms with van der Waals surface area (Å²) in [4.78, 5) is 29.1. The number of nitrogens with zero attached hydrogens (tertiary/aromatic N) is 3. The van der Waals surface area contributed by atoms with Crippen molar-refractivity contribution in [2.24, 2.45) is 5.92 Å². The van der Waals surface area contributed by atoms with E-state index in [4.69, 9.17) is 4.74 Å². The second-order valence-electron chi connectivity index (χ2n) is 7.87. The van der Waals surface area contributed by atoms with Crippen molar-refractivity contribution in [3.05, 3.63) is 24.3 Å². The lowest BCUT2D eigenvalue weighted by Gasteiger charge is -2.36. The number of piperazine rings is 1. The Morgan fingerprint density at radius 2 is 1.59 bits per heavy atom. The first kappa shape index (κ1) is 20.2. The summed E-state index contributed by atoms with van der Waals surface area (Å²) < 4.78 is 32.2. The second-order valence-corrected chi connectivity index (χ2v) is 9.81. The molecule has 0 spiro atoms. The van der Waals surface area contributed by atoms with Gasteiger partial charge in [0.05, 0.1) is 12.0 Å². The van der Waals surface area contributed by atoms with Crippen molar-refractivity contribution < 1.29 is 22.7 Å². The average molecular weight is 422 g/mol. The molecule has 0 aromatic heterocycles. The van der Waals surface area contributed by atoms with Crippen LogP contribution in [0.25, 0.3) is 0 Å². The van der Waals surface area contributed by atoms with Gasteiger partial charge in [-0.05, 0) is 49.9 Å². The van der Waals surface area contributed by atoms with Gasteiger partial charge in [-0.25, -0.2) is 8.42 Å². The van der Waals surface area contributed by atoms with E-state index in [0.717, 1.165) is 19.3 Å². The van der Waals surface area contributed by atoms with Crippen LogP contribution in [-0.2, 0) is 19.6 Å². The Hall–Kier alpha value is -2.13. The molecule has 1 unspecified atom stereocenters. The SMILES string of the molecule is COc1ccc(S(=O)(=O)N2CCN(C(=O)C3CCCN3C(=O)C3CC3)CC2)cc1. The maximum Gasteiger partial charge on any atom is 0.245 e. The van der Waals surface area contributed by atoms with Gasteiger partial charge in [0.15, 0.2) is 0 Å². The largest absolute Gasteiger partial charge is 0.497 e. The minimum atomic E-state index is -3.61. The topological polar surface area (TPSA) is 87.2 Å². The lowest BCUT2D eigenvalue weighted by Crippen LogP contribution is -2.55. The fourth-order valence-electron chi connectivity index (χ4n) is 4.11. The summed E-state index contributed by atoms with van der Waals surface area (Å²) in [7, 11) is -2.08. The van der Waals surface area contributed by atoms with Crippen LogP contribution in [0.5, 0.6) is 5.75 Å². The average Bonchev–Trinajstić information content (AvgIpc) is 3.49. The van der Waals surface area contributed by atoms with Crippen LogP contribution in [0.15, 0.2) is 29.2 Å². The van der Waals surface area contributed by atoms with E-state index in [9.17, 15) is 18.0 Å². The van der Waals surface area contributed by atoms with Gasteiger partial charge in [0, 0.05) is 38.6 Å². The monoisotopic (exact) mass is 421 g/mol. The van der Waals surface area contributed by atoms with Gasteiger partial charge < -0.3 is 14.5 Å². The highest BCUT2D eigenvalue weighted by atomic mass is 32.2. The van der Waals surface area contributed by atoms with Gasteiger partial charge >= 0.3 is 0 Å². The van der Waals surface area contributed by atoms with E-state index in [1.807, 2.05) is 0 Å². The summed E-state index contributed by atoms with van der Waals surface area (Å²) in [6.45, 7) is 1.84. The number of amides is 2. The van der Waals surface area contributed by atoms with Gasteiger partial charge in [-0.1, -0.05) is 0 Å². The number of benzene rings is 1. The number of hydrogen-bond donors (Lipinski definition) is 0. The van der Waals surface area contributed by atoms with Crippen LogP contribution in [0.2, 0.25) is 0 Å². The molecule has 2 aliphatic heterocycles. The van der Waals surface area contributed by atoms with Gasteiger partial charge in [0.1, 0.15) is 11.8 Å². The molecule has 3 aliphatic rings. The molecule has 1 atom stereocenters. The van der Waals surface area contributed by atoms with Gasteiger partial charge in [-0.2, -0.15) is 4.31 Å². The number of methoxy groups -OCH3 is 1. The number of ether oxygens (including phenoxy) is 1. The Bertz CT molecular complexity index is 874. The molecule has 29 heavy (non-hydrogen) atoms. The van der Waals surface area contributed by atoms with Crippen molar-refractivity contribution in [3.8, 4) is 5.75 Å². The predicted molar refractivity (Wildman–Crippen MR) is 106 cm³/mol. The standard InChI is InChI=1S/C20H27N3O5S/c1-28-16-6-8-17(9-7-16)29(26,27)22-13-11-21(12-14-22)20(25)18-3-2-10-23(18)19(24)15-4-5-15/h6-9,15,18H,2-5,10-14H2,1H3. The molecule has 1 aliphatic carbocycles. The van der Waals surface area contributed by atoms with Crippen molar-refractivity contribution in [2.75, 3.05) is 39.8 Å². The third kappa shape index (κ3) is 3.98. The van der Waals surface area contributed by atoms with E-state index in [1.165, 1.54) is 23.5 Å². The summed E-state index contributed by atoms with van der Waals surface area (Å²) in [6.07, 6.45) is 3.40. The van der Waals surface area contributed by atoms with E-state index < -0.39 is 10.0 Å². The van der Waals surface area contributed by atoms with E-state index in [1.54, 1.807) is 21.9 Å².